The number of aromatic nitrogens is 2. The summed E-state index contributed by atoms with van der Waals surface area (Å²) in [4.78, 5) is 18.4. The summed E-state index contributed by atoms with van der Waals surface area (Å²) in [6.45, 7) is 0.297. The van der Waals surface area contributed by atoms with E-state index < -0.39 is 0 Å². The lowest BCUT2D eigenvalue weighted by Gasteiger charge is -2.13. The number of hydrogen-bond acceptors (Lipinski definition) is 4. The Morgan fingerprint density at radius 2 is 1.50 bits per heavy atom. The van der Waals surface area contributed by atoms with Gasteiger partial charge in [0.15, 0.2) is 5.82 Å². The minimum atomic E-state index is -0.246. The number of rotatable bonds is 6. The van der Waals surface area contributed by atoms with Crippen LogP contribution in [0.1, 0.15) is 11.1 Å². The number of halogens is 1. The fourth-order valence-corrected chi connectivity index (χ4v) is 4.62. The van der Waals surface area contributed by atoms with Crippen LogP contribution in [0.2, 0.25) is 5.02 Å². The molecule has 6 aromatic rings. The van der Waals surface area contributed by atoms with E-state index in [1.807, 2.05) is 109 Å². The zero-order valence-corrected chi connectivity index (χ0v) is 21.0. The third-order valence-corrected chi connectivity index (χ3v) is 6.73. The summed E-state index contributed by atoms with van der Waals surface area (Å²) in [5.74, 6) is 1.10. The number of benzene rings is 5. The van der Waals surface area contributed by atoms with E-state index in [1.165, 1.54) is 4.68 Å². The maximum atomic E-state index is 13.6. The number of nitrogens with zero attached hydrogens (tertiary/aromatic N) is 3. The van der Waals surface area contributed by atoms with Crippen molar-refractivity contribution < 1.29 is 4.74 Å². The highest BCUT2D eigenvalue weighted by molar-refractivity contribution is 6.31. The molecule has 0 aliphatic rings. The molecule has 0 amide bonds. The number of ether oxygens (including phenoxy) is 1. The Labute approximate surface area is 224 Å². The standard InChI is InChI=1S/C32H22ClN3O2/c33-28-16-8-5-13-24(28)21-38-30-19-18-22-10-4-6-14-25(22)27(30)20-34-36-31(23-11-2-1-3-12-23)35-29-17-9-7-15-26(29)32(36)37/h1-20H,21H2. The van der Waals surface area contributed by atoms with Crippen LogP contribution in [0.4, 0.5) is 0 Å². The summed E-state index contributed by atoms with van der Waals surface area (Å²) >= 11 is 6.36. The fourth-order valence-electron chi connectivity index (χ4n) is 4.43. The molecule has 6 heteroatoms. The molecule has 0 N–H and O–H groups in total. The van der Waals surface area contributed by atoms with Crippen LogP contribution >= 0.6 is 11.6 Å². The Bertz CT molecular complexity index is 1860. The smallest absolute Gasteiger partial charge is 0.282 e. The molecule has 6 rings (SSSR count). The van der Waals surface area contributed by atoms with E-state index in [9.17, 15) is 4.79 Å². The average molecular weight is 516 g/mol. The van der Waals surface area contributed by atoms with Gasteiger partial charge in [-0.05, 0) is 35.0 Å². The number of para-hydroxylation sites is 1. The van der Waals surface area contributed by atoms with Gasteiger partial charge in [-0.25, -0.2) is 4.98 Å². The number of hydrogen-bond donors (Lipinski definition) is 0. The van der Waals surface area contributed by atoms with Gasteiger partial charge in [-0.1, -0.05) is 103 Å². The topological polar surface area (TPSA) is 56.5 Å². The van der Waals surface area contributed by atoms with Crippen molar-refractivity contribution in [1.29, 1.82) is 0 Å². The lowest BCUT2D eigenvalue weighted by atomic mass is 10.0. The monoisotopic (exact) mass is 515 g/mol. The minimum Gasteiger partial charge on any atom is -0.488 e. The van der Waals surface area contributed by atoms with Crippen LogP contribution in [0, 0.1) is 0 Å². The maximum Gasteiger partial charge on any atom is 0.282 e. The molecule has 0 aliphatic carbocycles. The second-order valence-corrected chi connectivity index (χ2v) is 9.17. The van der Waals surface area contributed by atoms with Crippen molar-refractivity contribution in [2.45, 2.75) is 6.61 Å². The van der Waals surface area contributed by atoms with Crippen LogP contribution in [-0.2, 0) is 6.61 Å². The van der Waals surface area contributed by atoms with Crippen LogP contribution in [0.25, 0.3) is 33.1 Å². The van der Waals surface area contributed by atoms with Gasteiger partial charge < -0.3 is 4.74 Å². The Morgan fingerprint density at radius 3 is 2.34 bits per heavy atom. The third-order valence-electron chi connectivity index (χ3n) is 6.36. The second kappa shape index (κ2) is 10.3. The molecule has 0 atom stereocenters. The molecule has 0 spiro atoms. The normalized spacial score (nSPS) is 11.4. The summed E-state index contributed by atoms with van der Waals surface area (Å²) in [6, 6.07) is 36.4. The first-order chi connectivity index (χ1) is 18.7. The predicted molar refractivity (Wildman–Crippen MR) is 154 cm³/mol. The van der Waals surface area contributed by atoms with Gasteiger partial charge in [0, 0.05) is 21.7 Å². The summed E-state index contributed by atoms with van der Waals surface area (Å²) < 4.78 is 7.60. The highest BCUT2D eigenvalue weighted by Crippen LogP contribution is 2.29. The molecule has 1 aromatic heterocycles. The van der Waals surface area contributed by atoms with Crippen molar-refractivity contribution in [3.05, 3.63) is 142 Å². The Hall–Kier alpha value is -4.74. The van der Waals surface area contributed by atoms with Gasteiger partial charge in [-0.15, -0.1) is 0 Å². The molecule has 0 fully saturated rings. The highest BCUT2D eigenvalue weighted by atomic mass is 35.5. The van der Waals surface area contributed by atoms with Gasteiger partial charge in [-0.3, -0.25) is 4.79 Å². The summed E-state index contributed by atoms with van der Waals surface area (Å²) in [5, 5.41) is 7.83. The van der Waals surface area contributed by atoms with E-state index in [2.05, 4.69) is 0 Å². The van der Waals surface area contributed by atoms with Gasteiger partial charge in [0.1, 0.15) is 12.4 Å². The number of fused-ring (bicyclic) bond motifs is 2. The van der Waals surface area contributed by atoms with E-state index in [-0.39, 0.29) is 5.56 Å². The largest absolute Gasteiger partial charge is 0.488 e. The molecule has 0 radical (unpaired) electrons. The van der Waals surface area contributed by atoms with Crippen molar-refractivity contribution in [3.8, 4) is 17.1 Å². The maximum absolute atomic E-state index is 13.6. The zero-order valence-electron chi connectivity index (χ0n) is 20.3. The molecule has 5 nitrogen and oxygen atoms in total. The van der Waals surface area contributed by atoms with E-state index in [0.717, 1.165) is 27.5 Å². The quantitative estimate of drug-likeness (QED) is 0.218. The predicted octanol–water partition coefficient (Wildman–Crippen LogP) is 7.33. The minimum absolute atomic E-state index is 0.246. The van der Waals surface area contributed by atoms with Gasteiger partial charge in [0.2, 0.25) is 0 Å². The van der Waals surface area contributed by atoms with Crippen LogP contribution in [-0.4, -0.2) is 15.9 Å². The fraction of sp³-hybridized carbons (Fsp3) is 0.0312. The molecular formula is C32H22ClN3O2. The first-order valence-corrected chi connectivity index (χ1v) is 12.6. The van der Waals surface area contributed by atoms with Gasteiger partial charge >= 0.3 is 0 Å². The Morgan fingerprint density at radius 1 is 0.789 bits per heavy atom. The summed E-state index contributed by atoms with van der Waals surface area (Å²) in [6.07, 6.45) is 1.68. The van der Waals surface area contributed by atoms with Gasteiger partial charge in [0.05, 0.1) is 17.1 Å². The molecule has 38 heavy (non-hydrogen) atoms. The molecule has 0 unspecified atom stereocenters. The molecule has 0 bridgehead atoms. The van der Waals surface area contributed by atoms with E-state index in [0.29, 0.717) is 34.1 Å². The molecule has 0 aliphatic heterocycles. The summed E-state index contributed by atoms with van der Waals surface area (Å²) in [5.41, 5.74) is 2.81. The third kappa shape index (κ3) is 4.56. The average Bonchev–Trinajstić information content (AvgIpc) is 2.97. The highest BCUT2D eigenvalue weighted by Gasteiger charge is 2.14. The Balaban J connectivity index is 1.50. The van der Waals surface area contributed by atoms with Gasteiger partial charge in [0.25, 0.3) is 5.56 Å². The van der Waals surface area contributed by atoms with E-state index >= 15 is 0 Å². The van der Waals surface area contributed by atoms with E-state index in [4.69, 9.17) is 26.4 Å². The van der Waals surface area contributed by atoms with Crippen molar-refractivity contribution in [2.75, 3.05) is 0 Å². The SMILES string of the molecule is O=c1c2ccccc2nc(-c2ccccc2)n1N=Cc1c(OCc2ccccc2Cl)ccc2ccccc12. The van der Waals surface area contributed by atoms with E-state index in [1.54, 1.807) is 12.3 Å². The van der Waals surface area contributed by atoms with Crippen LogP contribution in [0.15, 0.2) is 125 Å². The molecule has 0 saturated heterocycles. The molecule has 1 heterocycles. The van der Waals surface area contributed by atoms with Crippen molar-refractivity contribution in [1.82, 2.24) is 9.66 Å². The summed E-state index contributed by atoms with van der Waals surface area (Å²) in [7, 11) is 0. The van der Waals surface area contributed by atoms with Crippen LogP contribution in [0.3, 0.4) is 0 Å². The first-order valence-electron chi connectivity index (χ1n) is 12.2. The second-order valence-electron chi connectivity index (χ2n) is 8.76. The van der Waals surface area contributed by atoms with Crippen LogP contribution in [0.5, 0.6) is 5.75 Å². The van der Waals surface area contributed by atoms with Crippen LogP contribution < -0.4 is 10.3 Å². The Kier molecular flexibility index (Phi) is 6.42. The molecular weight excluding hydrogens is 494 g/mol. The molecule has 5 aromatic carbocycles. The lowest BCUT2D eigenvalue weighted by Crippen LogP contribution is -2.20. The van der Waals surface area contributed by atoms with Crippen molar-refractivity contribution in [3.63, 3.8) is 0 Å². The van der Waals surface area contributed by atoms with Crippen molar-refractivity contribution >= 4 is 39.5 Å². The lowest BCUT2D eigenvalue weighted by molar-refractivity contribution is 0.306. The first kappa shape index (κ1) is 23.6. The molecule has 184 valence electrons. The van der Waals surface area contributed by atoms with Crippen molar-refractivity contribution in [2.24, 2.45) is 5.10 Å². The molecule has 0 saturated carbocycles. The van der Waals surface area contributed by atoms with Gasteiger partial charge in [-0.2, -0.15) is 9.78 Å². The zero-order chi connectivity index (χ0) is 25.9.